The van der Waals surface area contributed by atoms with E-state index in [0.29, 0.717) is 0 Å². The molecule has 3 rings (SSSR count). The van der Waals surface area contributed by atoms with E-state index in [2.05, 4.69) is 41.7 Å². The normalized spacial score (nSPS) is 17.3. The molecule has 1 atom stereocenters. The number of rotatable bonds is 3. The van der Waals surface area contributed by atoms with Crippen LogP contribution in [0.5, 0.6) is 0 Å². The number of nitrogens with two attached hydrogens (primary N) is 1. The standard InChI is InChI=1S/C18H21ClN2.ClH/c19-17-9-8-16-14(10-11-21-12-18(16)20)15(17)7-6-13-4-2-1-3-5-13;/h1-5,8-9,18,21H,6-7,10-12,20H2;1H. The third-order valence-corrected chi connectivity index (χ3v) is 4.59. The lowest BCUT2D eigenvalue weighted by molar-refractivity contribution is 0.626. The summed E-state index contributed by atoms with van der Waals surface area (Å²) in [4.78, 5) is 0. The molecule has 118 valence electrons. The summed E-state index contributed by atoms with van der Waals surface area (Å²) in [7, 11) is 0. The minimum atomic E-state index is 0. The number of fused-ring (bicyclic) bond motifs is 1. The van der Waals surface area contributed by atoms with Crippen LogP contribution in [-0.4, -0.2) is 13.1 Å². The van der Waals surface area contributed by atoms with Gasteiger partial charge in [-0.3, -0.25) is 0 Å². The molecule has 0 aromatic heterocycles. The number of hydrogen-bond donors (Lipinski definition) is 2. The van der Waals surface area contributed by atoms with Crippen molar-refractivity contribution in [1.82, 2.24) is 5.32 Å². The molecule has 0 amide bonds. The van der Waals surface area contributed by atoms with Crippen LogP contribution in [0.15, 0.2) is 42.5 Å². The van der Waals surface area contributed by atoms with Crippen LogP contribution in [0.4, 0.5) is 0 Å². The monoisotopic (exact) mass is 336 g/mol. The topological polar surface area (TPSA) is 38.0 Å². The van der Waals surface area contributed by atoms with Crippen LogP contribution in [0.2, 0.25) is 5.02 Å². The molecule has 1 unspecified atom stereocenters. The van der Waals surface area contributed by atoms with Gasteiger partial charge in [-0.15, -0.1) is 12.4 Å². The van der Waals surface area contributed by atoms with E-state index in [1.165, 1.54) is 22.3 Å². The highest BCUT2D eigenvalue weighted by atomic mass is 35.5. The Labute approximate surface area is 143 Å². The van der Waals surface area contributed by atoms with Gasteiger partial charge in [0.25, 0.3) is 0 Å². The molecule has 1 aliphatic rings. The first kappa shape index (κ1) is 17.3. The van der Waals surface area contributed by atoms with Crippen LogP contribution >= 0.6 is 24.0 Å². The summed E-state index contributed by atoms with van der Waals surface area (Å²) in [6, 6.07) is 14.7. The van der Waals surface area contributed by atoms with Crippen LogP contribution in [0.25, 0.3) is 0 Å². The Balaban J connectivity index is 0.00000176. The average Bonchev–Trinajstić information content (AvgIpc) is 2.69. The van der Waals surface area contributed by atoms with Gasteiger partial charge in [-0.2, -0.15) is 0 Å². The van der Waals surface area contributed by atoms with Crippen molar-refractivity contribution in [3.8, 4) is 0 Å². The Morgan fingerprint density at radius 2 is 1.86 bits per heavy atom. The highest BCUT2D eigenvalue weighted by molar-refractivity contribution is 6.31. The second kappa shape index (κ2) is 7.98. The highest BCUT2D eigenvalue weighted by Gasteiger charge is 2.19. The highest BCUT2D eigenvalue weighted by Crippen LogP contribution is 2.29. The Morgan fingerprint density at radius 3 is 2.64 bits per heavy atom. The first-order valence-corrected chi connectivity index (χ1v) is 7.94. The van der Waals surface area contributed by atoms with Crippen LogP contribution in [0.3, 0.4) is 0 Å². The molecule has 2 nitrogen and oxygen atoms in total. The molecule has 0 bridgehead atoms. The van der Waals surface area contributed by atoms with E-state index in [1.54, 1.807) is 0 Å². The van der Waals surface area contributed by atoms with Gasteiger partial charge in [-0.05, 0) is 54.1 Å². The Morgan fingerprint density at radius 1 is 1.09 bits per heavy atom. The summed E-state index contributed by atoms with van der Waals surface area (Å²) in [5.74, 6) is 0. The Kier molecular flexibility index (Phi) is 6.27. The van der Waals surface area contributed by atoms with Crippen molar-refractivity contribution in [2.45, 2.75) is 25.3 Å². The minimum absolute atomic E-state index is 0. The van der Waals surface area contributed by atoms with E-state index < -0.39 is 0 Å². The molecule has 2 aromatic rings. The predicted octanol–water partition coefficient (Wildman–Crippen LogP) is 3.69. The van der Waals surface area contributed by atoms with Gasteiger partial charge in [-0.1, -0.05) is 48.0 Å². The third kappa shape index (κ3) is 3.82. The minimum Gasteiger partial charge on any atom is -0.323 e. The molecule has 22 heavy (non-hydrogen) atoms. The zero-order valence-electron chi connectivity index (χ0n) is 12.5. The molecule has 0 aliphatic carbocycles. The van der Waals surface area contributed by atoms with Gasteiger partial charge >= 0.3 is 0 Å². The summed E-state index contributed by atoms with van der Waals surface area (Å²) < 4.78 is 0. The summed E-state index contributed by atoms with van der Waals surface area (Å²) in [6.45, 7) is 1.81. The lowest BCUT2D eigenvalue weighted by Gasteiger charge is -2.17. The van der Waals surface area contributed by atoms with Gasteiger partial charge < -0.3 is 11.1 Å². The molecule has 0 saturated heterocycles. The number of benzene rings is 2. The van der Waals surface area contributed by atoms with Crippen molar-refractivity contribution in [3.63, 3.8) is 0 Å². The summed E-state index contributed by atoms with van der Waals surface area (Å²) in [5, 5.41) is 4.27. The number of halogens is 2. The van der Waals surface area contributed by atoms with E-state index in [0.717, 1.165) is 37.4 Å². The van der Waals surface area contributed by atoms with Crippen LogP contribution < -0.4 is 11.1 Å². The maximum Gasteiger partial charge on any atom is 0.0441 e. The molecule has 4 heteroatoms. The first-order chi connectivity index (χ1) is 10.3. The maximum atomic E-state index is 6.47. The van der Waals surface area contributed by atoms with Crippen molar-refractivity contribution in [3.05, 3.63) is 69.7 Å². The Hall–Kier alpha value is -1.06. The predicted molar refractivity (Wildman–Crippen MR) is 96.1 cm³/mol. The van der Waals surface area contributed by atoms with E-state index in [4.69, 9.17) is 17.3 Å². The first-order valence-electron chi connectivity index (χ1n) is 7.56. The van der Waals surface area contributed by atoms with Gasteiger partial charge in [0.1, 0.15) is 0 Å². The van der Waals surface area contributed by atoms with Crippen molar-refractivity contribution < 1.29 is 0 Å². The van der Waals surface area contributed by atoms with Gasteiger partial charge in [0.2, 0.25) is 0 Å². The van der Waals surface area contributed by atoms with E-state index in [9.17, 15) is 0 Å². The lowest BCUT2D eigenvalue weighted by Crippen LogP contribution is -2.25. The van der Waals surface area contributed by atoms with Crippen molar-refractivity contribution in [1.29, 1.82) is 0 Å². The van der Waals surface area contributed by atoms with Gasteiger partial charge in [0, 0.05) is 17.6 Å². The zero-order valence-corrected chi connectivity index (χ0v) is 14.1. The zero-order chi connectivity index (χ0) is 14.7. The van der Waals surface area contributed by atoms with Gasteiger partial charge in [0.05, 0.1) is 0 Å². The second-order valence-corrected chi connectivity index (χ2v) is 6.05. The van der Waals surface area contributed by atoms with Crippen LogP contribution in [0.1, 0.15) is 28.3 Å². The molecule has 0 saturated carbocycles. The smallest absolute Gasteiger partial charge is 0.0441 e. The quantitative estimate of drug-likeness (QED) is 0.896. The molecular formula is C18H22Cl2N2. The van der Waals surface area contributed by atoms with Crippen molar-refractivity contribution in [2.75, 3.05) is 13.1 Å². The van der Waals surface area contributed by atoms with E-state index in [1.807, 2.05) is 6.07 Å². The molecule has 1 aliphatic heterocycles. The number of aryl methyl sites for hydroxylation is 1. The third-order valence-electron chi connectivity index (χ3n) is 4.23. The fourth-order valence-corrected chi connectivity index (χ4v) is 3.36. The molecule has 0 spiro atoms. The van der Waals surface area contributed by atoms with Crippen LogP contribution in [0, 0.1) is 0 Å². The number of hydrogen-bond acceptors (Lipinski definition) is 2. The molecule has 2 aromatic carbocycles. The summed E-state index contributed by atoms with van der Waals surface area (Å²) in [6.07, 6.45) is 2.99. The largest absolute Gasteiger partial charge is 0.323 e. The van der Waals surface area contributed by atoms with E-state index >= 15 is 0 Å². The Bertz CT molecular complexity index is 614. The fraction of sp³-hybridized carbons (Fsp3) is 0.333. The molecule has 0 radical (unpaired) electrons. The molecular weight excluding hydrogens is 315 g/mol. The molecule has 0 fully saturated rings. The summed E-state index contributed by atoms with van der Waals surface area (Å²) in [5.41, 5.74) is 11.5. The van der Waals surface area contributed by atoms with Crippen molar-refractivity contribution in [2.24, 2.45) is 5.73 Å². The second-order valence-electron chi connectivity index (χ2n) is 5.64. The maximum absolute atomic E-state index is 6.47. The SMILES string of the molecule is Cl.NC1CNCCc2c1ccc(Cl)c2CCc1ccccc1. The van der Waals surface area contributed by atoms with Crippen molar-refractivity contribution >= 4 is 24.0 Å². The lowest BCUT2D eigenvalue weighted by atomic mass is 9.91. The van der Waals surface area contributed by atoms with Crippen LogP contribution in [-0.2, 0) is 19.3 Å². The molecule has 3 N–H and O–H groups in total. The van der Waals surface area contributed by atoms with Gasteiger partial charge in [0.15, 0.2) is 0 Å². The fourth-order valence-electron chi connectivity index (χ4n) is 3.09. The van der Waals surface area contributed by atoms with Gasteiger partial charge in [-0.25, -0.2) is 0 Å². The average molecular weight is 337 g/mol. The van der Waals surface area contributed by atoms with E-state index in [-0.39, 0.29) is 18.4 Å². The molecule has 1 heterocycles. The summed E-state index contributed by atoms with van der Waals surface area (Å²) >= 11 is 6.47. The number of nitrogens with one attached hydrogen (secondary N) is 1.